The standard InChI is InChI=1S/C18H24N4O3/c1-11-7-8-13-16(12(11)2)21-15(20-13)10-19-17(23)14-6-4-5-9-22(14)18(24)25-3/h7-8,14H,4-6,9-10H2,1-3H3,(H,19,23)(H,20,21). The molecule has 25 heavy (non-hydrogen) atoms. The van der Waals surface area contributed by atoms with Crippen molar-refractivity contribution in [1.29, 1.82) is 0 Å². The second-order valence-corrected chi connectivity index (χ2v) is 6.48. The molecule has 0 radical (unpaired) electrons. The Balaban J connectivity index is 1.69. The Morgan fingerprint density at radius 1 is 1.36 bits per heavy atom. The van der Waals surface area contributed by atoms with E-state index in [0.717, 1.165) is 29.4 Å². The summed E-state index contributed by atoms with van der Waals surface area (Å²) in [5.74, 6) is 0.538. The Kier molecular flexibility index (Phi) is 4.92. The Bertz CT molecular complexity index is 799. The molecule has 1 unspecified atom stereocenters. The second kappa shape index (κ2) is 7.13. The van der Waals surface area contributed by atoms with Crippen molar-refractivity contribution in [3.8, 4) is 0 Å². The first-order valence-corrected chi connectivity index (χ1v) is 8.58. The topological polar surface area (TPSA) is 87.3 Å². The highest BCUT2D eigenvalue weighted by Gasteiger charge is 2.32. The summed E-state index contributed by atoms with van der Waals surface area (Å²) in [6, 6.07) is 3.57. The Labute approximate surface area is 146 Å². The van der Waals surface area contributed by atoms with Gasteiger partial charge < -0.3 is 15.0 Å². The van der Waals surface area contributed by atoms with Gasteiger partial charge in [0.15, 0.2) is 0 Å². The number of ether oxygens (including phenoxy) is 1. The second-order valence-electron chi connectivity index (χ2n) is 6.48. The number of rotatable bonds is 3. The van der Waals surface area contributed by atoms with Gasteiger partial charge in [0.25, 0.3) is 0 Å². The van der Waals surface area contributed by atoms with Gasteiger partial charge in [-0.25, -0.2) is 9.78 Å². The van der Waals surface area contributed by atoms with Gasteiger partial charge in [-0.05, 0) is 50.3 Å². The molecule has 7 nitrogen and oxygen atoms in total. The van der Waals surface area contributed by atoms with E-state index in [0.29, 0.717) is 25.3 Å². The molecule has 2 heterocycles. The van der Waals surface area contributed by atoms with Crippen molar-refractivity contribution in [1.82, 2.24) is 20.2 Å². The van der Waals surface area contributed by atoms with E-state index in [-0.39, 0.29) is 5.91 Å². The van der Waals surface area contributed by atoms with Crippen molar-refractivity contribution >= 4 is 23.0 Å². The van der Waals surface area contributed by atoms with Crippen LogP contribution in [0.2, 0.25) is 0 Å². The zero-order chi connectivity index (χ0) is 18.0. The summed E-state index contributed by atoms with van der Waals surface area (Å²) in [5, 5.41) is 2.89. The number of imidazole rings is 1. The maximum Gasteiger partial charge on any atom is 0.410 e. The maximum atomic E-state index is 12.5. The summed E-state index contributed by atoms with van der Waals surface area (Å²) >= 11 is 0. The molecule has 1 fully saturated rings. The number of aromatic nitrogens is 2. The largest absolute Gasteiger partial charge is 0.453 e. The summed E-state index contributed by atoms with van der Waals surface area (Å²) in [6.07, 6.45) is 2.02. The van der Waals surface area contributed by atoms with Crippen molar-refractivity contribution < 1.29 is 14.3 Å². The Morgan fingerprint density at radius 3 is 2.92 bits per heavy atom. The summed E-state index contributed by atoms with van der Waals surface area (Å²) in [4.78, 5) is 33.7. The molecule has 1 saturated heterocycles. The fraction of sp³-hybridized carbons (Fsp3) is 0.500. The van der Waals surface area contributed by atoms with E-state index in [2.05, 4.69) is 28.3 Å². The van der Waals surface area contributed by atoms with E-state index in [1.807, 2.05) is 13.0 Å². The molecule has 2 amide bonds. The Hall–Kier alpha value is -2.57. The number of benzene rings is 1. The molecule has 1 aliphatic heterocycles. The monoisotopic (exact) mass is 344 g/mol. The van der Waals surface area contributed by atoms with Gasteiger partial charge in [-0.15, -0.1) is 0 Å². The number of methoxy groups -OCH3 is 1. The minimum atomic E-state index is -0.477. The zero-order valence-corrected chi connectivity index (χ0v) is 14.9. The third-order valence-corrected chi connectivity index (χ3v) is 4.87. The number of amides is 2. The van der Waals surface area contributed by atoms with Gasteiger partial charge in [0.2, 0.25) is 5.91 Å². The fourth-order valence-corrected chi connectivity index (χ4v) is 3.28. The molecule has 134 valence electrons. The molecule has 2 N–H and O–H groups in total. The third-order valence-electron chi connectivity index (χ3n) is 4.87. The van der Waals surface area contributed by atoms with Crippen LogP contribution < -0.4 is 5.32 Å². The first kappa shape index (κ1) is 17.3. The van der Waals surface area contributed by atoms with Crippen molar-refractivity contribution in [2.45, 2.75) is 45.7 Å². The Morgan fingerprint density at radius 2 is 2.16 bits per heavy atom. The smallest absolute Gasteiger partial charge is 0.410 e. The highest BCUT2D eigenvalue weighted by Crippen LogP contribution is 2.20. The fourth-order valence-electron chi connectivity index (χ4n) is 3.28. The number of piperidine rings is 1. The lowest BCUT2D eigenvalue weighted by Gasteiger charge is -2.33. The average Bonchev–Trinajstić information content (AvgIpc) is 3.06. The molecular formula is C18H24N4O3. The molecule has 0 saturated carbocycles. The van der Waals surface area contributed by atoms with Crippen LogP contribution in [0.25, 0.3) is 11.0 Å². The first-order chi connectivity index (χ1) is 12.0. The van der Waals surface area contributed by atoms with Crippen molar-refractivity contribution in [2.24, 2.45) is 0 Å². The van der Waals surface area contributed by atoms with Crippen LogP contribution in [0.4, 0.5) is 4.79 Å². The number of aromatic amines is 1. The number of carbonyl (C=O) groups excluding carboxylic acids is 2. The number of fused-ring (bicyclic) bond motifs is 1. The van der Waals surface area contributed by atoms with Gasteiger partial charge in [0.1, 0.15) is 11.9 Å². The van der Waals surface area contributed by atoms with Crippen LogP contribution in [0, 0.1) is 13.8 Å². The van der Waals surface area contributed by atoms with E-state index in [4.69, 9.17) is 4.74 Å². The molecule has 0 aliphatic carbocycles. The molecule has 2 aromatic rings. The van der Waals surface area contributed by atoms with Crippen LogP contribution in [0.5, 0.6) is 0 Å². The third kappa shape index (κ3) is 3.45. The van der Waals surface area contributed by atoms with E-state index in [1.165, 1.54) is 17.6 Å². The van der Waals surface area contributed by atoms with Gasteiger partial charge in [0, 0.05) is 6.54 Å². The average molecular weight is 344 g/mol. The van der Waals surface area contributed by atoms with Gasteiger partial charge in [-0.3, -0.25) is 9.69 Å². The van der Waals surface area contributed by atoms with Crippen LogP contribution in [0.1, 0.15) is 36.2 Å². The van der Waals surface area contributed by atoms with Crippen LogP contribution >= 0.6 is 0 Å². The highest BCUT2D eigenvalue weighted by atomic mass is 16.5. The van der Waals surface area contributed by atoms with Gasteiger partial charge in [-0.1, -0.05) is 6.07 Å². The van der Waals surface area contributed by atoms with Crippen molar-refractivity contribution in [2.75, 3.05) is 13.7 Å². The predicted molar refractivity (Wildman–Crippen MR) is 94.2 cm³/mol. The molecule has 1 aromatic carbocycles. The number of H-pyrrole nitrogens is 1. The number of carbonyl (C=O) groups is 2. The van der Waals surface area contributed by atoms with Gasteiger partial charge >= 0.3 is 6.09 Å². The van der Waals surface area contributed by atoms with Crippen LogP contribution in [0.3, 0.4) is 0 Å². The van der Waals surface area contributed by atoms with Crippen LogP contribution in [-0.2, 0) is 16.1 Å². The molecule has 7 heteroatoms. The molecule has 1 atom stereocenters. The molecule has 0 bridgehead atoms. The summed E-state index contributed by atoms with van der Waals surface area (Å²) in [6.45, 7) is 4.94. The lowest BCUT2D eigenvalue weighted by molar-refractivity contribution is -0.127. The predicted octanol–water partition coefficient (Wildman–Crippen LogP) is 2.42. The number of hydrogen-bond donors (Lipinski definition) is 2. The summed E-state index contributed by atoms with van der Waals surface area (Å²) in [7, 11) is 1.34. The van der Waals surface area contributed by atoms with E-state index < -0.39 is 12.1 Å². The molecule has 1 aromatic heterocycles. The van der Waals surface area contributed by atoms with Crippen LogP contribution in [-0.4, -0.2) is 46.6 Å². The number of aryl methyl sites for hydroxylation is 2. The lowest BCUT2D eigenvalue weighted by atomic mass is 10.0. The maximum absolute atomic E-state index is 12.5. The SMILES string of the molecule is COC(=O)N1CCCCC1C(=O)NCc1nc2c(C)c(C)ccc2[nH]1. The first-order valence-electron chi connectivity index (χ1n) is 8.58. The van der Waals surface area contributed by atoms with Crippen molar-refractivity contribution in [3.63, 3.8) is 0 Å². The number of nitrogens with zero attached hydrogens (tertiary/aromatic N) is 2. The molecule has 3 rings (SSSR count). The van der Waals surface area contributed by atoms with E-state index in [1.54, 1.807) is 0 Å². The lowest BCUT2D eigenvalue weighted by Crippen LogP contribution is -2.51. The number of nitrogens with one attached hydrogen (secondary N) is 2. The number of likely N-dealkylation sites (tertiary alicyclic amines) is 1. The minimum Gasteiger partial charge on any atom is -0.453 e. The van der Waals surface area contributed by atoms with Gasteiger partial charge in [-0.2, -0.15) is 0 Å². The summed E-state index contributed by atoms with van der Waals surface area (Å²) < 4.78 is 4.79. The van der Waals surface area contributed by atoms with Crippen LogP contribution in [0.15, 0.2) is 12.1 Å². The minimum absolute atomic E-state index is 0.168. The molecule has 1 aliphatic rings. The molecular weight excluding hydrogens is 320 g/mol. The van der Waals surface area contributed by atoms with Crippen molar-refractivity contribution in [3.05, 3.63) is 29.1 Å². The van der Waals surface area contributed by atoms with E-state index >= 15 is 0 Å². The zero-order valence-electron chi connectivity index (χ0n) is 14.9. The highest BCUT2D eigenvalue weighted by molar-refractivity contribution is 5.86. The van der Waals surface area contributed by atoms with Gasteiger partial charge in [0.05, 0.1) is 24.7 Å². The molecule has 0 spiro atoms. The normalized spacial score (nSPS) is 17.6. The van der Waals surface area contributed by atoms with E-state index in [9.17, 15) is 9.59 Å². The quantitative estimate of drug-likeness (QED) is 0.895. The summed E-state index contributed by atoms with van der Waals surface area (Å²) in [5.41, 5.74) is 4.21. The number of hydrogen-bond acceptors (Lipinski definition) is 4.